The quantitative estimate of drug-likeness (QED) is 0.680. The van der Waals surface area contributed by atoms with Gasteiger partial charge in [-0.05, 0) is 23.6 Å². The molecule has 0 amide bonds. The van der Waals surface area contributed by atoms with Crippen molar-refractivity contribution < 1.29 is 8.42 Å². The van der Waals surface area contributed by atoms with Crippen LogP contribution in [0.25, 0.3) is 0 Å². The van der Waals surface area contributed by atoms with Crippen LogP contribution in [0, 0.1) is 0 Å². The lowest BCUT2D eigenvalue weighted by Crippen LogP contribution is -2.18. The van der Waals surface area contributed by atoms with Crippen molar-refractivity contribution in [2.45, 2.75) is 4.90 Å². The number of nitrogens with zero attached hydrogens (tertiary/aromatic N) is 1. The second-order valence-corrected chi connectivity index (χ2v) is 5.82. The first kappa shape index (κ1) is 11.8. The van der Waals surface area contributed by atoms with Gasteiger partial charge in [-0.3, -0.25) is 0 Å². The van der Waals surface area contributed by atoms with Crippen LogP contribution in [0.5, 0.6) is 0 Å². The normalized spacial score (nSPS) is 11.8. The van der Waals surface area contributed by atoms with Crippen molar-refractivity contribution in [3.05, 3.63) is 52.7 Å². The molecule has 0 unspecified atom stereocenters. The van der Waals surface area contributed by atoms with Gasteiger partial charge in [0.25, 0.3) is 10.0 Å². The lowest BCUT2D eigenvalue weighted by molar-refractivity contribution is 0.584. The number of thiophene rings is 1. The van der Waals surface area contributed by atoms with E-state index in [4.69, 9.17) is 0 Å². The molecule has 0 spiro atoms. The van der Waals surface area contributed by atoms with Crippen molar-refractivity contribution in [2.24, 2.45) is 5.10 Å². The van der Waals surface area contributed by atoms with Crippen LogP contribution in [0.3, 0.4) is 0 Å². The van der Waals surface area contributed by atoms with Crippen molar-refractivity contribution in [3.8, 4) is 0 Å². The Kier molecular flexibility index (Phi) is 3.55. The fourth-order valence-electron chi connectivity index (χ4n) is 1.18. The smallest absolute Gasteiger partial charge is 0.200 e. The molecule has 0 aliphatic heterocycles. The Labute approximate surface area is 104 Å². The van der Waals surface area contributed by atoms with E-state index in [1.807, 2.05) is 17.5 Å². The lowest BCUT2D eigenvalue weighted by Gasteiger charge is -2.01. The SMILES string of the molecule is O=S(=O)(N/N=C/c1cccs1)c1ccccc1. The minimum Gasteiger partial charge on any atom is -0.200 e. The van der Waals surface area contributed by atoms with Crippen LogP contribution in [0.1, 0.15) is 4.88 Å². The van der Waals surface area contributed by atoms with E-state index in [1.165, 1.54) is 29.7 Å². The average Bonchev–Trinajstić information content (AvgIpc) is 2.83. The first-order valence-corrected chi connectivity index (χ1v) is 7.18. The number of hydrogen-bond acceptors (Lipinski definition) is 4. The molecule has 0 bridgehead atoms. The van der Waals surface area contributed by atoms with Crippen molar-refractivity contribution in [1.82, 2.24) is 4.83 Å². The Balaban J connectivity index is 2.09. The molecule has 0 fully saturated rings. The molecule has 1 N–H and O–H groups in total. The molecular weight excluding hydrogens is 256 g/mol. The van der Waals surface area contributed by atoms with Gasteiger partial charge in [-0.1, -0.05) is 24.3 Å². The monoisotopic (exact) mass is 266 g/mol. The van der Waals surface area contributed by atoms with Crippen molar-refractivity contribution in [2.75, 3.05) is 0 Å². The van der Waals surface area contributed by atoms with Crippen LogP contribution >= 0.6 is 11.3 Å². The van der Waals surface area contributed by atoms with E-state index in [1.54, 1.807) is 18.2 Å². The Morgan fingerprint density at radius 3 is 2.53 bits per heavy atom. The summed E-state index contributed by atoms with van der Waals surface area (Å²) < 4.78 is 23.5. The molecule has 4 nitrogen and oxygen atoms in total. The first-order valence-electron chi connectivity index (χ1n) is 4.82. The van der Waals surface area contributed by atoms with E-state index in [0.717, 1.165) is 4.88 Å². The zero-order chi connectivity index (χ0) is 12.1. The Hall–Kier alpha value is -1.66. The lowest BCUT2D eigenvalue weighted by atomic mass is 10.4. The van der Waals surface area contributed by atoms with Gasteiger partial charge >= 0.3 is 0 Å². The van der Waals surface area contributed by atoms with Gasteiger partial charge < -0.3 is 0 Å². The van der Waals surface area contributed by atoms with Gasteiger partial charge in [-0.15, -0.1) is 11.3 Å². The predicted octanol–water partition coefficient (Wildman–Crippen LogP) is 2.06. The van der Waals surface area contributed by atoms with Crippen molar-refractivity contribution >= 4 is 27.6 Å². The molecule has 1 aromatic heterocycles. The highest BCUT2D eigenvalue weighted by Gasteiger charge is 2.10. The maximum Gasteiger partial charge on any atom is 0.276 e. The molecule has 2 aromatic rings. The summed E-state index contributed by atoms with van der Waals surface area (Å²) in [5.41, 5.74) is 0. The molecule has 17 heavy (non-hydrogen) atoms. The van der Waals surface area contributed by atoms with Gasteiger partial charge in [0.05, 0.1) is 11.1 Å². The third-order valence-electron chi connectivity index (χ3n) is 1.96. The van der Waals surface area contributed by atoms with Crippen LogP contribution in [0.2, 0.25) is 0 Å². The highest BCUT2D eigenvalue weighted by atomic mass is 32.2. The Morgan fingerprint density at radius 2 is 1.88 bits per heavy atom. The first-order chi connectivity index (χ1) is 8.18. The van der Waals surface area contributed by atoms with E-state index in [0.29, 0.717) is 0 Å². The molecule has 2 rings (SSSR count). The highest BCUT2D eigenvalue weighted by Crippen LogP contribution is 2.07. The largest absolute Gasteiger partial charge is 0.276 e. The standard InChI is InChI=1S/C11H10N2O2S2/c14-17(15,11-6-2-1-3-7-11)13-12-9-10-5-4-8-16-10/h1-9,13H/b12-9+. The number of sulfonamides is 1. The van der Waals surface area contributed by atoms with E-state index in [2.05, 4.69) is 9.93 Å². The van der Waals surface area contributed by atoms with Crippen LogP contribution in [0.15, 0.2) is 57.8 Å². The summed E-state index contributed by atoms with van der Waals surface area (Å²) in [5.74, 6) is 0. The molecular formula is C11H10N2O2S2. The summed E-state index contributed by atoms with van der Waals surface area (Å²) in [5, 5.41) is 5.61. The van der Waals surface area contributed by atoms with Crippen LogP contribution in [-0.4, -0.2) is 14.6 Å². The zero-order valence-corrected chi connectivity index (χ0v) is 10.4. The topological polar surface area (TPSA) is 58.5 Å². The molecule has 0 radical (unpaired) electrons. The van der Waals surface area contributed by atoms with Gasteiger partial charge in [-0.2, -0.15) is 13.5 Å². The van der Waals surface area contributed by atoms with E-state index in [9.17, 15) is 8.42 Å². The summed E-state index contributed by atoms with van der Waals surface area (Å²) >= 11 is 1.49. The number of rotatable bonds is 4. The molecule has 0 saturated heterocycles. The van der Waals surface area contributed by atoms with Crippen LogP contribution < -0.4 is 4.83 Å². The summed E-state index contributed by atoms with van der Waals surface area (Å²) in [7, 11) is -3.56. The predicted molar refractivity (Wildman–Crippen MR) is 68.7 cm³/mol. The summed E-state index contributed by atoms with van der Waals surface area (Å²) in [6.07, 6.45) is 1.48. The summed E-state index contributed by atoms with van der Waals surface area (Å²) in [6.45, 7) is 0. The molecule has 0 aliphatic rings. The minimum absolute atomic E-state index is 0.198. The molecule has 88 valence electrons. The second kappa shape index (κ2) is 5.11. The van der Waals surface area contributed by atoms with Gasteiger partial charge in [0, 0.05) is 4.88 Å². The van der Waals surface area contributed by atoms with E-state index < -0.39 is 10.0 Å². The fourth-order valence-corrected chi connectivity index (χ4v) is 2.57. The number of nitrogens with one attached hydrogen (secondary N) is 1. The molecule has 1 heterocycles. The van der Waals surface area contributed by atoms with Gasteiger partial charge in [-0.25, -0.2) is 4.83 Å². The third kappa shape index (κ3) is 3.15. The van der Waals surface area contributed by atoms with Gasteiger partial charge in [0.2, 0.25) is 0 Å². The molecule has 0 aliphatic carbocycles. The number of hydrogen-bond donors (Lipinski definition) is 1. The maximum absolute atomic E-state index is 11.7. The van der Waals surface area contributed by atoms with E-state index in [-0.39, 0.29) is 4.90 Å². The molecule has 6 heteroatoms. The Bertz CT molecular complexity index is 590. The maximum atomic E-state index is 11.7. The average molecular weight is 266 g/mol. The zero-order valence-electron chi connectivity index (χ0n) is 8.78. The second-order valence-electron chi connectivity index (χ2n) is 3.18. The Morgan fingerprint density at radius 1 is 1.12 bits per heavy atom. The van der Waals surface area contributed by atoms with E-state index >= 15 is 0 Å². The third-order valence-corrected chi connectivity index (χ3v) is 4.01. The number of hydrazone groups is 1. The van der Waals surface area contributed by atoms with Gasteiger partial charge in [0.1, 0.15) is 0 Å². The fraction of sp³-hybridized carbons (Fsp3) is 0. The minimum atomic E-state index is -3.56. The van der Waals surface area contributed by atoms with Crippen molar-refractivity contribution in [1.29, 1.82) is 0 Å². The molecule has 0 atom stereocenters. The van der Waals surface area contributed by atoms with Gasteiger partial charge in [0.15, 0.2) is 0 Å². The summed E-state index contributed by atoms with van der Waals surface area (Å²) in [4.78, 5) is 3.25. The van der Waals surface area contributed by atoms with Crippen LogP contribution in [-0.2, 0) is 10.0 Å². The summed E-state index contributed by atoms with van der Waals surface area (Å²) in [6, 6.07) is 11.8. The van der Waals surface area contributed by atoms with Crippen LogP contribution in [0.4, 0.5) is 0 Å². The number of benzene rings is 1. The van der Waals surface area contributed by atoms with Crippen molar-refractivity contribution in [3.63, 3.8) is 0 Å². The molecule has 0 saturated carbocycles. The highest BCUT2D eigenvalue weighted by molar-refractivity contribution is 7.89. The molecule has 1 aromatic carbocycles.